The minimum absolute atomic E-state index is 0.818. The summed E-state index contributed by atoms with van der Waals surface area (Å²) in [5.74, 6) is 2.86. The van der Waals surface area contributed by atoms with Crippen molar-refractivity contribution in [3.05, 3.63) is 24.0 Å². The van der Waals surface area contributed by atoms with Gasteiger partial charge in [-0.25, -0.2) is 4.98 Å². The smallest absolute Gasteiger partial charge is 0.114 e. The Bertz CT molecular complexity index is 340. The molecule has 0 aliphatic carbocycles. The van der Waals surface area contributed by atoms with E-state index in [4.69, 9.17) is 0 Å². The third-order valence-electron chi connectivity index (χ3n) is 1.80. The fraction of sp³-hybridized carbons (Fsp3) is 0.300. The van der Waals surface area contributed by atoms with E-state index in [0.29, 0.717) is 0 Å². The minimum atomic E-state index is -1.20. The highest BCUT2D eigenvalue weighted by Crippen LogP contribution is 2.01. The summed E-state index contributed by atoms with van der Waals surface area (Å²) in [4.78, 5) is 6.92. The van der Waals surface area contributed by atoms with Crippen molar-refractivity contribution in [2.24, 2.45) is 0 Å². The Kier molecular flexibility index (Phi) is 3.29. The number of hydrogen-bond acceptors (Lipinski definition) is 1. The molecule has 3 heteroatoms. The lowest BCUT2D eigenvalue weighted by molar-refractivity contribution is 1.30. The second-order valence-corrected chi connectivity index (χ2v) is 9.38. The molecule has 68 valence electrons. The molecule has 0 N–H and O–H groups in total. The molecule has 0 saturated carbocycles. The van der Waals surface area contributed by atoms with Crippen molar-refractivity contribution in [1.82, 2.24) is 4.98 Å². The van der Waals surface area contributed by atoms with Crippen molar-refractivity contribution in [2.45, 2.75) is 19.6 Å². The van der Waals surface area contributed by atoms with Crippen LogP contribution < -0.4 is 5.19 Å². The summed E-state index contributed by atoms with van der Waals surface area (Å²) in [7, 11) is -1.20. The maximum Gasteiger partial charge on any atom is 0.114 e. The first kappa shape index (κ1) is 10.5. The summed E-state index contributed by atoms with van der Waals surface area (Å²) >= 11 is 3.05. The molecule has 1 rings (SSSR count). The Morgan fingerprint density at radius 1 is 1.31 bits per heavy atom. The Morgan fingerprint density at radius 2 is 2.00 bits per heavy atom. The average Bonchev–Trinajstić information content (AvgIpc) is 2.04. The molecule has 0 aliphatic heterocycles. The van der Waals surface area contributed by atoms with Gasteiger partial charge in [0.05, 0.1) is 8.07 Å². The van der Waals surface area contributed by atoms with E-state index < -0.39 is 8.07 Å². The van der Waals surface area contributed by atoms with Gasteiger partial charge in [-0.05, 0) is 22.0 Å². The van der Waals surface area contributed by atoms with Crippen LogP contribution in [-0.4, -0.2) is 13.1 Å². The van der Waals surface area contributed by atoms with Gasteiger partial charge in [0.2, 0.25) is 0 Å². The zero-order valence-electron chi connectivity index (χ0n) is 8.06. The number of hydrogen-bond donors (Lipinski definition) is 0. The summed E-state index contributed by atoms with van der Waals surface area (Å²) in [5, 5.41) is 1.37. The van der Waals surface area contributed by atoms with E-state index in [1.54, 1.807) is 0 Å². The predicted molar refractivity (Wildman–Crippen MR) is 63.0 cm³/mol. The molecule has 1 aromatic heterocycles. The topological polar surface area (TPSA) is 12.9 Å². The predicted octanol–water partition coefficient (Wildman–Crippen LogP) is 2.33. The number of pyridine rings is 1. The molecule has 0 aromatic carbocycles. The van der Waals surface area contributed by atoms with E-state index in [-0.39, 0.29) is 0 Å². The van der Waals surface area contributed by atoms with Gasteiger partial charge >= 0.3 is 0 Å². The van der Waals surface area contributed by atoms with Crippen LogP contribution in [0.2, 0.25) is 19.6 Å². The standard InChI is InChI=1S/C10H12BrNSi/c1-13(2,3)10-5-4-9(6-7-11)12-8-10/h4-5,8H,1-3H3. The zero-order chi connectivity index (χ0) is 9.90. The normalized spacial score (nSPS) is 10.5. The lowest BCUT2D eigenvalue weighted by Gasteiger charge is -2.15. The van der Waals surface area contributed by atoms with E-state index in [0.717, 1.165) is 5.69 Å². The monoisotopic (exact) mass is 253 g/mol. The van der Waals surface area contributed by atoms with E-state index in [1.807, 2.05) is 12.3 Å². The van der Waals surface area contributed by atoms with Gasteiger partial charge in [-0.2, -0.15) is 0 Å². The highest BCUT2D eigenvalue weighted by atomic mass is 79.9. The third-order valence-corrected chi connectivity index (χ3v) is 4.03. The quantitative estimate of drug-likeness (QED) is 0.553. The molecule has 1 aromatic rings. The average molecular weight is 254 g/mol. The van der Waals surface area contributed by atoms with E-state index in [9.17, 15) is 0 Å². The van der Waals surface area contributed by atoms with Gasteiger partial charge < -0.3 is 0 Å². The lowest BCUT2D eigenvalue weighted by atomic mass is 10.4. The second-order valence-electron chi connectivity index (χ2n) is 3.90. The largest absolute Gasteiger partial charge is 0.248 e. The summed E-state index contributed by atoms with van der Waals surface area (Å²) in [6.45, 7) is 6.92. The van der Waals surface area contributed by atoms with Crippen molar-refractivity contribution >= 4 is 29.2 Å². The second kappa shape index (κ2) is 4.08. The molecule has 1 heterocycles. The van der Waals surface area contributed by atoms with Gasteiger partial charge in [-0.1, -0.05) is 25.7 Å². The minimum Gasteiger partial charge on any atom is -0.248 e. The Morgan fingerprint density at radius 3 is 2.38 bits per heavy atom. The van der Waals surface area contributed by atoms with E-state index in [1.165, 1.54) is 5.19 Å². The SMILES string of the molecule is C[Si](C)(C)c1ccc(C#CBr)nc1. The van der Waals surface area contributed by atoms with Gasteiger partial charge in [0.1, 0.15) is 5.69 Å². The van der Waals surface area contributed by atoms with Crippen LogP contribution in [0.5, 0.6) is 0 Å². The number of halogens is 1. The van der Waals surface area contributed by atoms with Gasteiger partial charge in [0.25, 0.3) is 0 Å². The van der Waals surface area contributed by atoms with Crippen molar-refractivity contribution in [3.63, 3.8) is 0 Å². The molecule has 0 amide bonds. The molecule has 0 fully saturated rings. The van der Waals surface area contributed by atoms with E-state index >= 15 is 0 Å². The molecule has 0 radical (unpaired) electrons. The summed E-state index contributed by atoms with van der Waals surface area (Å²) < 4.78 is 0. The highest BCUT2D eigenvalue weighted by Gasteiger charge is 2.15. The van der Waals surface area contributed by atoms with Crippen molar-refractivity contribution in [1.29, 1.82) is 0 Å². The maximum atomic E-state index is 4.27. The van der Waals surface area contributed by atoms with Crippen LogP contribution in [0.3, 0.4) is 0 Å². The van der Waals surface area contributed by atoms with Gasteiger partial charge in [-0.3, -0.25) is 0 Å². The van der Waals surface area contributed by atoms with Gasteiger partial charge in [0.15, 0.2) is 0 Å². The Hall–Kier alpha value is -0.593. The summed E-state index contributed by atoms with van der Waals surface area (Å²) in [6, 6.07) is 4.10. The summed E-state index contributed by atoms with van der Waals surface area (Å²) in [6.07, 6.45) is 1.94. The van der Waals surface area contributed by atoms with Gasteiger partial charge in [-0.15, -0.1) is 0 Å². The van der Waals surface area contributed by atoms with Crippen LogP contribution in [0, 0.1) is 10.8 Å². The first-order valence-corrected chi connectivity index (χ1v) is 8.41. The molecule has 0 unspecified atom stereocenters. The zero-order valence-corrected chi connectivity index (χ0v) is 10.6. The Balaban J connectivity index is 2.98. The van der Waals surface area contributed by atoms with Crippen molar-refractivity contribution < 1.29 is 0 Å². The lowest BCUT2D eigenvalue weighted by Crippen LogP contribution is -2.37. The number of rotatable bonds is 1. The molecule has 0 saturated heterocycles. The van der Waals surface area contributed by atoms with E-state index in [2.05, 4.69) is 57.4 Å². The van der Waals surface area contributed by atoms with Gasteiger partial charge in [0, 0.05) is 22.1 Å². The molecular formula is C10H12BrNSi. The molecule has 0 aliphatic rings. The molecule has 0 atom stereocenters. The van der Waals surface area contributed by atoms with Crippen LogP contribution in [0.4, 0.5) is 0 Å². The number of nitrogens with zero attached hydrogens (tertiary/aromatic N) is 1. The molecule has 0 bridgehead atoms. The fourth-order valence-corrected chi connectivity index (χ4v) is 2.20. The molecule has 1 nitrogen and oxygen atoms in total. The van der Waals surface area contributed by atoms with Crippen molar-refractivity contribution in [3.8, 4) is 10.8 Å². The highest BCUT2D eigenvalue weighted by molar-refractivity contribution is 9.12. The molecule has 0 spiro atoms. The molecular weight excluding hydrogens is 242 g/mol. The van der Waals surface area contributed by atoms with Crippen molar-refractivity contribution in [2.75, 3.05) is 0 Å². The maximum absolute atomic E-state index is 4.27. The summed E-state index contributed by atoms with van der Waals surface area (Å²) in [5.41, 5.74) is 0.818. The van der Waals surface area contributed by atoms with Crippen LogP contribution in [0.15, 0.2) is 18.3 Å². The Labute approximate surface area is 88.7 Å². The van der Waals surface area contributed by atoms with Crippen LogP contribution in [0.1, 0.15) is 5.69 Å². The van der Waals surface area contributed by atoms with Crippen LogP contribution in [0.25, 0.3) is 0 Å². The van der Waals surface area contributed by atoms with Crippen LogP contribution in [-0.2, 0) is 0 Å². The third kappa shape index (κ3) is 2.98. The fourth-order valence-electron chi connectivity index (χ4n) is 0.960. The molecule has 13 heavy (non-hydrogen) atoms. The van der Waals surface area contributed by atoms with Crippen LogP contribution >= 0.6 is 15.9 Å². The first-order valence-electron chi connectivity index (χ1n) is 4.12. The first-order chi connectivity index (χ1) is 6.04. The number of aromatic nitrogens is 1.